The van der Waals surface area contributed by atoms with E-state index in [0.29, 0.717) is 19.3 Å². The maximum absolute atomic E-state index is 11.4. The molecule has 0 radical (unpaired) electrons. The van der Waals surface area contributed by atoms with Crippen molar-refractivity contribution in [3.63, 3.8) is 0 Å². The van der Waals surface area contributed by atoms with E-state index in [1.54, 1.807) is 20.8 Å². The fourth-order valence-corrected chi connectivity index (χ4v) is 2.65. The molecule has 0 amide bonds. The second-order valence-corrected chi connectivity index (χ2v) is 5.86. The molecule has 0 aromatic heterocycles. The summed E-state index contributed by atoms with van der Waals surface area (Å²) in [5.41, 5.74) is -0.985. The summed E-state index contributed by atoms with van der Waals surface area (Å²) in [6, 6.07) is 0. The SMILES string of the molecule is CCCS(=O)(=O)NCC(CC)(CC)C(=O)O. The molecule has 0 heterocycles. The highest BCUT2D eigenvalue weighted by Gasteiger charge is 2.35. The smallest absolute Gasteiger partial charge is 0.310 e. The summed E-state index contributed by atoms with van der Waals surface area (Å²) in [6.45, 7) is 5.25. The molecular weight excluding hydrogens is 230 g/mol. The molecule has 0 saturated carbocycles. The normalized spacial score (nSPS) is 12.7. The molecule has 0 aliphatic heterocycles. The van der Waals surface area contributed by atoms with Crippen LogP contribution in [0.15, 0.2) is 0 Å². The minimum absolute atomic E-state index is 0.0301. The van der Waals surface area contributed by atoms with Gasteiger partial charge in [-0.05, 0) is 19.3 Å². The first-order valence-corrected chi connectivity index (χ1v) is 7.19. The van der Waals surface area contributed by atoms with Gasteiger partial charge in [-0.3, -0.25) is 4.79 Å². The van der Waals surface area contributed by atoms with Crippen LogP contribution in [0.5, 0.6) is 0 Å². The van der Waals surface area contributed by atoms with E-state index in [1.807, 2.05) is 0 Å². The van der Waals surface area contributed by atoms with E-state index in [2.05, 4.69) is 4.72 Å². The summed E-state index contributed by atoms with van der Waals surface area (Å²) >= 11 is 0. The van der Waals surface area contributed by atoms with Gasteiger partial charge in [-0.15, -0.1) is 0 Å². The largest absolute Gasteiger partial charge is 0.481 e. The average molecular weight is 251 g/mol. The Kier molecular flexibility index (Phi) is 5.96. The van der Waals surface area contributed by atoms with Crippen LogP contribution in [0.4, 0.5) is 0 Å². The van der Waals surface area contributed by atoms with Crippen LogP contribution >= 0.6 is 0 Å². The fourth-order valence-electron chi connectivity index (χ4n) is 1.47. The minimum Gasteiger partial charge on any atom is -0.481 e. The number of aliphatic carboxylic acids is 1. The van der Waals surface area contributed by atoms with Crippen LogP contribution in [0.3, 0.4) is 0 Å². The van der Waals surface area contributed by atoms with E-state index in [4.69, 9.17) is 5.11 Å². The van der Waals surface area contributed by atoms with Crippen molar-refractivity contribution in [1.29, 1.82) is 0 Å². The molecule has 0 saturated heterocycles. The number of carboxylic acids is 1. The van der Waals surface area contributed by atoms with Gasteiger partial charge in [0.25, 0.3) is 0 Å². The van der Waals surface area contributed by atoms with Gasteiger partial charge in [0.05, 0.1) is 11.2 Å². The lowest BCUT2D eigenvalue weighted by Gasteiger charge is -2.26. The Balaban J connectivity index is 4.62. The molecule has 5 nitrogen and oxygen atoms in total. The molecule has 0 aliphatic carbocycles. The predicted molar refractivity (Wildman–Crippen MR) is 62.7 cm³/mol. The van der Waals surface area contributed by atoms with Gasteiger partial charge < -0.3 is 5.11 Å². The highest BCUT2D eigenvalue weighted by molar-refractivity contribution is 7.89. The molecule has 0 aliphatic rings. The Hall–Kier alpha value is -0.620. The second-order valence-electron chi connectivity index (χ2n) is 3.93. The topological polar surface area (TPSA) is 83.5 Å². The first-order valence-electron chi connectivity index (χ1n) is 5.54. The van der Waals surface area contributed by atoms with Crippen LogP contribution in [-0.2, 0) is 14.8 Å². The Morgan fingerprint density at radius 2 is 1.75 bits per heavy atom. The van der Waals surface area contributed by atoms with Gasteiger partial charge in [0.1, 0.15) is 0 Å². The molecule has 6 heteroatoms. The Bertz CT molecular complexity index is 320. The summed E-state index contributed by atoms with van der Waals surface area (Å²) < 4.78 is 25.2. The standard InChI is InChI=1S/C10H21NO4S/c1-4-7-16(14,15)11-8-10(5-2,6-3)9(12)13/h11H,4-8H2,1-3H3,(H,12,13). The quantitative estimate of drug-likeness (QED) is 0.679. The molecular formula is C10H21NO4S. The molecule has 0 unspecified atom stereocenters. The van der Waals surface area contributed by atoms with Crippen molar-refractivity contribution in [1.82, 2.24) is 4.72 Å². The Morgan fingerprint density at radius 3 is 2.06 bits per heavy atom. The van der Waals surface area contributed by atoms with Crippen molar-refractivity contribution in [2.75, 3.05) is 12.3 Å². The lowest BCUT2D eigenvalue weighted by atomic mass is 9.83. The summed E-state index contributed by atoms with van der Waals surface area (Å²) in [5.74, 6) is -0.910. The summed E-state index contributed by atoms with van der Waals surface area (Å²) in [6.07, 6.45) is 1.34. The molecule has 0 fully saturated rings. The highest BCUT2D eigenvalue weighted by atomic mass is 32.2. The third-order valence-corrected chi connectivity index (χ3v) is 4.44. The van der Waals surface area contributed by atoms with Crippen molar-refractivity contribution in [3.8, 4) is 0 Å². The number of hydrogen-bond acceptors (Lipinski definition) is 3. The monoisotopic (exact) mass is 251 g/mol. The van der Waals surface area contributed by atoms with E-state index in [9.17, 15) is 13.2 Å². The van der Waals surface area contributed by atoms with Crippen LogP contribution in [-0.4, -0.2) is 31.8 Å². The van der Waals surface area contributed by atoms with Gasteiger partial charge in [-0.1, -0.05) is 20.8 Å². The first kappa shape index (κ1) is 15.4. The van der Waals surface area contributed by atoms with E-state index in [1.165, 1.54) is 0 Å². The number of hydrogen-bond donors (Lipinski definition) is 2. The van der Waals surface area contributed by atoms with E-state index in [0.717, 1.165) is 0 Å². The van der Waals surface area contributed by atoms with E-state index in [-0.39, 0.29) is 12.3 Å². The molecule has 0 rings (SSSR count). The lowest BCUT2D eigenvalue weighted by molar-refractivity contribution is -0.149. The maximum atomic E-state index is 11.4. The van der Waals surface area contributed by atoms with Gasteiger partial charge in [-0.2, -0.15) is 0 Å². The highest BCUT2D eigenvalue weighted by Crippen LogP contribution is 2.25. The zero-order chi connectivity index (χ0) is 12.8. The lowest BCUT2D eigenvalue weighted by Crippen LogP contribution is -2.42. The maximum Gasteiger partial charge on any atom is 0.310 e. The fraction of sp³-hybridized carbons (Fsp3) is 0.900. The van der Waals surface area contributed by atoms with E-state index >= 15 is 0 Å². The molecule has 16 heavy (non-hydrogen) atoms. The third-order valence-electron chi connectivity index (χ3n) is 2.91. The molecule has 0 aromatic rings. The average Bonchev–Trinajstić information content (AvgIpc) is 2.19. The summed E-state index contributed by atoms with van der Waals surface area (Å²) in [5, 5.41) is 9.12. The Morgan fingerprint density at radius 1 is 1.25 bits per heavy atom. The number of nitrogens with one attached hydrogen (secondary N) is 1. The van der Waals surface area contributed by atoms with Gasteiger partial charge in [0, 0.05) is 6.54 Å². The van der Waals surface area contributed by atoms with Crippen LogP contribution in [0.2, 0.25) is 0 Å². The number of rotatable bonds is 8. The van der Waals surface area contributed by atoms with Crippen LogP contribution < -0.4 is 4.72 Å². The van der Waals surface area contributed by atoms with Crippen molar-refractivity contribution in [2.45, 2.75) is 40.0 Å². The van der Waals surface area contributed by atoms with Gasteiger partial charge in [0.15, 0.2) is 0 Å². The molecule has 0 spiro atoms. The minimum atomic E-state index is -3.33. The number of carboxylic acid groups (broad SMARTS) is 1. The second kappa shape index (κ2) is 6.20. The van der Waals surface area contributed by atoms with Crippen molar-refractivity contribution in [3.05, 3.63) is 0 Å². The number of sulfonamides is 1. The molecule has 96 valence electrons. The third kappa shape index (κ3) is 4.09. The van der Waals surface area contributed by atoms with Crippen LogP contribution in [0.25, 0.3) is 0 Å². The number of carbonyl (C=O) groups is 1. The zero-order valence-corrected chi connectivity index (χ0v) is 10.9. The first-order chi connectivity index (χ1) is 7.33. The van der Waals surface area contributed by atoms with Gasteiger partial charge in [0.2, 0.25) is 10.0 Å². The van der Waals surface area contributed by atoms with Crippen LogP contribution in [0.1, 0.15) is 40.0 Å². The van der Waals surface area contributed by atoms with Gasteiger partial charge in [-0.25, -0.2) is 13.1 Å². The van der Waals surface area contributed by atoms with Crippen molar-refractivity contribution >= 4 is 16.0 Å². The van der Waals surface area contributed by atoms with E-state index < -0.39 is 21.4 Å². The van der Waals surface area contributed by atoms with Crippen molar-refractivity contribution in [2.24, 2.45) is 5.41 Å². The molecule has 2 N–H and O–H groups in total. The summed E-state index contributed by atoms with van der Waals surface area (Å²) in [4.78, 5) is 11.1. The summed E-state index contributed by atoms with van der Waals surface area (Å²) in [7, 11) is -3.33. The molecule has 0 atom stereocenters. The molecule has 0 aromatic carbocycles. The van der Waals surface area contributed by atoms with Gasteiger partial charge >= 0.3 is 5.97 Å². The molecule has 0 bridgehead atoms. The van der Waals surface area contributed by atoms with Crippen LogP contribution in [0, 0.1) is 5.41 Å². The predicted octanol–water partition coefficient (Wildman–Crippen LogP) is 1.21. The zero-order valence-electron chi connectivity index (χ0n) is 10.1. The van der Waals surface area contributed by atoms with Crippen molar-refractivity contribution < 1.29 is 18.3 Å². The Labute approximate surface area is 97.3 Å².